The molecule has 1 N–H and O–H groups in total. The van der Waals surface area contributed by atoms with Gasteiger partial charge in [0.1, 0.15) is 11.5 Å². The summed E-state index contributed by atoms with van der Waals surface area (Å²) in [7, 11) is 0. The van der Waals surface area contributed by atoms with E-state index in [1.54, 1.807) is 36.4 Å². The van der Waals surface area contributed by atoms with Gasteiger partial charge in [0.15, 0.2) is 0 Å². The van der Waals surface area contributed by atoms with Crippen LogP contribution in [-0.4, -0.2) is 37.5 Å². The van der Waals surface area contributed by atoms with Gasteiger partial charge in [-0.3, -0.25) is 4.90 Å². The molecule has 1 saturated carbocycles. The van der Waals surface area contributed by atoms with E-state index < -0.39 is 13.0 Å². The first-order valence-electron chi connectivity index (χ1n) is 10.1. The van der Waals surface area contributed by atoms with Crippen LogP contribution in [0.4, 0.5) is 22.0 Å². The van der Waals surface area contributed by atoms with Gasteiger partial charge in [-0.15, -0.1) is 13.2 Å². The Morgan fingerprint density at radius 1 is 0.968 bits per heavy atom. The molecule has 9 heteroatoms. The maximum Gasteiger partial charge on any atom is 0.573 e. The van der Waals surface area contributed by atoms with Crippen molar-refractivity contribution in [3.63, 3.8) is 0 Å². The van der Waals surface area contributed by atoms with Gasteiger partial charge in [-0.25, -0.2) is 0 Å². The molecular weight excluding hydrogens is 419 g/mol. The molecule has 168 valence electrons. The number of hydrogen-bond donors (Lipinski definition) is 1. The first-order chi connectivity index (χ1) is 14.8. The fraction of sp³-hybridized carbons (Fsp3) is 0.455. The van der Waals surface area contributed by atoms with Crippen molar-refractivity contribution in [2.45, 2.75) is 26.1 Å². The number of ether oxygens (including phenoxy) is 2. The molecule has 2 fully saturated rings. The largest absolute Gasteiger partial charge is 0.573 e. The SMILES string of the molecule is FC(F)Oc1ccc(CN2CC3C(CNCc4cccc(OC(F)(F)F)c4)C3C2)cc1. The third-order valence-electron chi connectivity index (χ3n) is 5.84. The molecule has 1 heterocycles. The maximum atomic E-state index is 12.3. The number of hydrogen-bond acceptors (Lipinski definition) is 4. The molecular formula is C22H23F5N2O2. The minimum Gasteiger partial charge on any atom is -0.435 e. The number of fused-ring (bicyclic) bond motifs is 1. The van der Waals surface area contributed by atoms with Gasteiger partial charge in [0, 0.05) is 26.2 Å². The molecule has 2 unspecified atom stereocenters. The van der Waals surface area contributed by atoms with Crippen LogP contribution in [0.5, 0.6) is 11.5 Å². The van der Waals surface area contributed by atoms with Crippen molar-refractivity contribution in [3.05, 3.63) is 59.7 Å². The zero-order valence-corrected chi connectivity index (χ0v) is 16.6. The van der Waals surface area contributed by atoms with Crippen LogP contribution in [0.3, 0.4) is 0 Å². The first-order valence-corrected chi connectivity index (χ1v) is 10.1. The Balaban J connectivity index is 1.17. The Kier molecular flexibility index (Phi) is 6.34. The normalized spacial score (nSPS) is 23.1. The maximum absolute atomic E-state index is 12.3. The lowest BCUT2D eigenvalue weighted by atomic mass is 10.2. The Morgan fingerprint density at radius 2 is 1.68 bits per heavy atom. The van der Waals surface area contributed by atoms with E-state index >= 15 is 0 Å². The molecule has 0 spiro atoms. The van der Waals surface area contributed by atoms with Crippen LogP contribution < -0.4 is 14.8 Å². The number of likely N-dealkylation sites (tertiary alicyclic amines) is 1. The van der Waals surface area contributed by atoms with Crippen LogP contribution in [-0.2, 0) is 13.1 Å². The summed E-state index contributed by atoms with van der Waals surface area (Å²) in [5.74, 6) is 1.76. The van der Waals surface area contributed by atoms with Crippen molar-refractivity contribution < 1.29 is 31.4 Å². The van der Waals surface area contributed by atoms with Gasteiger partial charge in [-0.05, 0) is 59.7 Å². The Hall–Kier alpha value is -2.39. The summed E-state index contributed by atoms with van der Waals surface area (Å²) in [5, 5.41) is 3.34. The van der Waals surface area contributed by atoms with Crippen molar-refractivity contribution in [3.8, 4) is 11.5 Å². The zero-order valence-electron chi connectivity index (χ0n) is 16.6. The van der Waals surface area contributed by atoms with E-state index in [0.717, 1.165) is 37.3 Å². The second-order valence-corrected chi connectivity index (χ2v) is 8.03. The van der Waals surface area contributed by atoms with E-state index in [0.29, 0.717) is 24.3 Å². The molecule has 2 aromatic carbocycles. The Bertz CT molecular complexity index is 863. The fourth-order valence-electron chi connectivity index (χ4n) is 4.44. The van der Waals surface area contributed by atoms with E-state index in [9.17, 15) is 22.0 Å². The third-order valence-corrected chi connectivity index (χ3v) is 5.84. The van der Waals surface area contributed by atoms with Crippen LogP contribution in [0.2, 0.25) is 0 Å². The van der Waals surface area contributed by atoms with Crippen LogP contribution in [0, 0.1) is 17.8 Å². The standard InChI is InChI=1S/C22H23F5N2O2/c23-21(24)30-16-6-4-14(5-7-16)11-29-12-19-18(20(19)13-29)10-28-9-15-2-1-3-17(8-15)31-22(25,26)27/h1-8,18-21,28H,9-13H2. The van der Waals surface area contributed by atoms with Gasteiger partial charge in [0.2, 0.25) is 0 Å². The first kappa shape index (κ1) is 21.8. The monoisotopic (exact) mass is 442 g/mol. The average Bonchev–Trinajstić information content (AvgIpc) is 3.13. The number of rotatable bonds is 9. The Morgan fingerprint density at radius 3 is 2.32 bits per heavy atom. The van der Waals surface area contributed by atoms with Crippen molar-refractivity contribution in [1.82, 2.24) is 10.2 Å². The van der Waals surface area contributed by atoms with Crippen LogP contribution >= 0.6 is 0 Å². The van der Waals surface area contributed by atoms with Crippen LogP contribution in [0.15, 0.2) is 48.5 Å². The predicted molar refractivity (Wildman–Crippen MR) is 104 cm³/mol. The second kappa shape index (κ2) is 9.00. The van der Waals surface area contributed by atoms with E-state index in [1.807, 2.05) is 0 Å². The number of nitrogens with zero attached hydrogens (tertiary/aromatic N) is 1. The highest BCUT2D eigenvalue weighted by Crippen LogP contribution is 2.51. The third kappa shape index (κ3) is 6.07. The summed E-state index contributed by atoms with van der Waals surface area (Å²) in [6.45, 7) is 1.24. The molecule has 4 nitrogen and oxygen atoms in total. The van der Waals surface area contributed by atoms with Crippen molar-refractivity contribution in [2.24, 2.45) is 17.8 Å². The fourth-order valence-corrected chi connectivity index (χ4v) is 4.44. The van der Waals surface area contributed by atoms with Gasteiger partial charge >= 0.3 is 13.0 Å². The van der Waals surface area contributed by atoms with Crippen LogP contribution in [0.25, 0.3) is 0 Å². The minimum atomic E-state index is -4.69. The number of nitrogens with one attached hydrogen (secondary N) is 1. The average molecular weight is 442 g/mol. The van der Waals surface area contributed by atoms with Gasteiger partial charge in [-0.2, -0.15) is 8.78 Å². The molecule has 1 aliphatic carbocycles. The molecule has 2 aromatic rings. The molecule has 1 aliphatic heterocycles. The summed E-state index contributed by atoms with van der Waals surface area (Å²) < 4.78 is 69.7. The van der Waals surface area contributed by atoms with Crippen molar-refractivity contribution in [2.75, 3.05) is 19.6 Å². The lowest BCUT2D eigenvalue weighted by molar-refractivity contribution is -0.274. The van der Waals surface area contributed by atoms with Crippen molar-refractivity contribution >= 4 is 0 Å². The van der Waals surface area contributed by atoms with Gasteiger partial charge in [0.25, 0.3) is 0 Å². The summed E-state index contributed by atoms with van der Waals surface area (Å²) in [6, 6.07) is 12.7. The second-order valence-electron chi connectivity index (χ2n) is 8.03. The molecule has 1 saturated heterocycles. The molecule has 4 rings (SSSR count). The number of halogens is 5. The van der Waals surface area contributed by atoms with Gasteiger partial charge in [-0.1, -0.05) is 24.3 Å². The predicted octanol–water partition coefficient (Wildman–Crippen LogP) is 4.65. The molecule has 2 atom stereocenters. The van der Waals surface area contributed by atoms with E-state index in [1.165, 1.54) is 12.1 Å². The van der Waals surface area contributed by atoms with Gasteiger partial charge < -0.3 is 14.8 Å². The number of benzene rings is 2. The van der Waals surface area contributed by atoms with E-state index in [-0.39, 0.29) is 11.5 Å². The van der Waals surface area contributed by atoms with Crippen LogP contribution in [0.1, 0.15) is 11.1 Å². The topological polar surface area (TPSA) is 33.7 Å². The van der Waals surface area contributed by atoms with Crippen molar-refractivity contribution in [1.29, 1.82) is 0 Å². The smallest absolute Gasteiger partial charge is 0.435 e. The lowest BCUT2D eigenvalue weighted by Crippen LogP contribution is -2.27. The molecule has 31 heavy (non-hydrogen) atoms. The summed E-state index contributed by atoms with van der Waals surface area (Å²) >= 11 is 0. The highest BCUT2D eigenvalue weighted by molar-refractivity contribution is 5.29. The molecule has 0 bridgehead atoms. The zero-order chi connectivity index (χ0) is 22.0. The summed E-state index contributed by atoms with van der Waals surface area (Å²) in [5.41, 5.74) is 1.80. The lowest BCUT2D eigenvalue weighted by Gasteiger charge is -2.20. The Labute approximate surface area is 176 Å². The quantitative estimate of drug-likeness (QED) is 0.573. The molecule has 0 aromatic heterocycles. The highest BCUT2D eigenvalue weighted by atomic mass is 19.4. The summed E-state index contributed by atoms with van der Waals surface area (Å²) in [6.07, 6.45) is -4.69. The van der Waals surface area contributed by atoms with Gasteiger partial charge in [0.05, 0.1) is 0 Å². The number of alkyl halides is 5. The molecule has 0 amide bonds. The minimum absolute atomic E-state index is 0.157. The van der Waals surface area contributed by atoms with E-state index in [2.05, 4.69) is 19.7 Å². The molecule has 2 aliphatic rings. The molecule has 0 radical (unpaired) electrons. The van der Waals surface area contributed by atoms with E-state index in [4.69, 9.17) is 0 Å². The number of piperidine rings is 1. The summed E-state index contributed by atoms with van der Waals surface area (Å²) in [4.78, 5) is 2.35. The highest BCUT2D eigenvalue weighted by Gasteiger charge is 2.54.